The fraction of sp³-hybridized carbons (Fsp3) is 0.700. The third-order valence-corrected chi connectivity index (χ3v) is 12.4. The van der Waals surface area contributed by atoms with Gasteiger partial charge in [0.15, 0.2) is 14.1 Å². The number of methoxy groups -OCH3 is 1. The summed E-state index contributed by atoms with van der Waals surface area (Å²) in [6.45, 7) is 16.8. The number of hydrogen-bond donors (Lipinski definition) is 0. The molecule has 0 aliphatic heterocycles. The number of hydrogen-bond acceptors (Lipinski definition) is 5. The van der Waals surface area contributed by atoms with Crippen LogP contribution in [0.1, 0.15) is 52.8 Å². The molecule has 2 unspecified atom stereocenters. The maximum atomic E-state index is 13.9. The Bertz CT molecular complexity index is 619. The van der Waals surface area contributed by atoms with Crippen LogP contribution in [0, 0.1) is 0 Å². The Kier molecular flexibility index (Phi) is 8.49. The Labute approximate surface area is 166 Å². The van der Waals surface area contributed by atoms with E-state index in [0.717, 1.165) is 5.56 Å². The van der Waals surface area contributed by atoms with Gasteiger partial charge in [0, 0.05) is 7.11 Å². The van der Waals surface area contributed by atoms with Crippen molar-refractivity contribution in [2.45, 2.75) is 71.1 Å². The molecule has 0 saturated heterocycles. The van der Waals surface area contributed by atoms with Crippen molar-refractivity contribution in [3.8, 4) is 0 Å². The van der Waals surface area contributed by atoms with Gasteiger partial charge in [-0.1, -0.05) is 51.1 Å². The molecule has 156 valence electrons. The molecule has 5 nitrogen and oxygen atoms in total. The van der Waals surface area contributed by atoms with Crippen LogP contribution in [0.3, 0.4) is 0 Å². The highest BCUT2D eigenvalue weighted by Gasteiger charge is 2.54. The van der Waals surface area contributed by atoms with Crippen LogP contribution in [-0.4, -0.2) is 34.4 Å². The first-order chi connectivity index (χ1) is 12.4. The number of benzene rings is 1. The fourth-order valence-corrected chi connectivity index (χ4v) is 6.81. The third kappa shape index (κ3) is 5.75. The van der Waals surface area contributed by atoms with E-state index in [1.807, 2.05) is 51.1 Å². The van der Waals surface area contributed by atoms with E-state index in [1.54, 1.807) is 7.11 Å². The molecule has 27 heavy (non-hydrogen) atoms. The Balaban J connectivity index is 3.57. The molecule has 1 rings (SSSR count). The molecule has 0 radical (unpaired) electrons. The molecule has 0 fully saturated rings. The summed E-state index contributed by atoms with van der Waals surface area (Å²) in [4.78, 5) is 0. The summed E-state index contributed by atoms with van der Waals surface area (Å²) in [6.07, 6.45) is 0. The molecule has 0 bridgehead atoms. The van der Waals surface area contributed by atoms with Gasteiger partial charge < -0.3 is 18.2 Å². The fourth-order valence-electron chi connectivity index (χ4n) is 2.82. The molecular weight excluding hydrogens is 379 g/mol. The maximum Gasteiger partial charge on any atom is 0.343 e. The molecule has 0 aliphatic carbocycles. The highest BCUT2D eigenvalue weighted by atomic mass is 31.2. The van der Waals surface area contributed by atoms with Crippen LogP contribution in [0.2, 0.25) is 18.1 Å². The zero-order valence-corrected chi connectivity index (χ0v) is 20.3. The van der Waals surface area contributed by atoms with E-state index in [0.29, 0.717) is 0 Å². The molecule has 0 heterocycles. The second-order valence-electron chi connectivity index (χ2n) is 8.27. The molecule has 0 aromatic heterocycles. The van der Waals surface area contributed by atoms with Crippen molar-refractivity contribution < 1.29 is 22.8 Å². The van der Waals surface area contributed by atoms with Crippen molar-refractivity contribution in [2.75, 3.05) is 20.3 Å². The highest BCUT2D eigenvalue weighted by Crippen LogP contribution is 2.66. The molecule has 0 saturated carbocycles. The van der Waals surface area contributed by atoms with Gasteiger partial charge in [0.05, 0.1) is 13.2 Å². The van der Waals surface area contributed by atoms with Crippen LogP contribution >= 0.6 is 7.60 Å². The monoisotopic (exact) mass is 416 g/mol. The smallest absolute Gasteiger partial charge is 0.343 e. The molecule has 7 heteroatoms. The van der Waals surface area contributed by atoms with Crippen molar-refractivity contribution in [1.82, 2.24) is 0 Å². The summed E-state index contributed by atoms with van der Waals surface area (Å²) in [7, 11) is -4.21. The Morgan fingerprint density at radius 2 is 1.48 bits per heavy atom. The van der Waals surface area contributed by atoms with E-state index in [2.05, 4.69) is 33.9 Å². The predicted molar refractivity (Wildman–Crippen MR) is 114 cm³/mol. The third-order valence-electron chi connectivity index (χ3n) is 5.22. The molecule has 0 aliphatic rings. The largest absolute Gasteiger partial charge is 0.389 e. The first kappa shape index (κ1) is 24.5. The number of ether oxygens (including phenoxy) is 1. The van der Waals surface area contributed by atoms with Crippen molar-refractivity contribution >= 4 is 15.9 Å². The zero-order chi connectivity index (χ0) is 20.9. The van der Waals surface area contributed by atoms with Gasteiger partial charge in [-0.3, -0.25) is 4.57 Å². The van der Waals surface area contributed by atoms with Crippen molar-refractivity contribution in [3.63, 3.8) is 0 Å². The highest BCUT2D eigenvalue weighted by molar-refractivity contribution is 7.54. The standard InChI is InChI=1S/C20H37O5PSi/c1-10-23-26(21,24-11-2)18(17-15-13-12-14-16-17)20(6,22-7)25-27(8,9)19(3,4)5/h12-16,18H,10-11H2,1-9H3. The predicted octanol–water partition coefficient (Wildman–Crippen LogP) is 6.38. The average Bonchev–Trinajstić information content (AvgIpc) is 2.54. The minimum Gasteiger partial charge on any atom is -0.389 e. The van der Waals surface area contributed by atoms with E-state index in [-0.39, 0.29) is 18.3 Å². The summed E-state index contributed by atoms with van der Waals surface area (Å²) in [5.74, 6) is -1.16. The molecule has 1 aromatic rings. The lowest BCUT2D eigenvalue weighted by Gasteiger charge is -2.47. The van der Waals surface area contributed by atoms with Crippen molar-refractivity contribution in [3.05, 3.63) is 35.9 Å². The zero-order valence-electron chi connectivity index (χ0n) is 18.4. The molecule has 2 atom stereocenters. The Morgan fingerprint density at radius 3 is 1.85 bits per heavy atom. The van der Waals surface area contributed by atoms with Crippen molar-refractivity contribution in [2.24, 2.45) is 0 Å². The van der Waals surface area contributed by atoms with Gasteiger partial charge in [0.2, 0.25) is 0 Å². The minimum atomic E-state index is -3.56. The van der Waals surface area contributed by atoms with E-state index in [9.17, 15) is 4.57 Å². The van der Waals surface area contributed by atoms with E-state index >= 15 is 0 Å². The molecule has 0 spiro atoms. The lowest BCUT2D eigenvalue weighted by molar-refractivity contribution is -0.164. The Hall–Kier alpha value is -0.493. The number of rotatable bonds is 10. The molecule has 0 N–H and O–H groups in total. The van der Waals surface area contributed by atoms with Crippen LogP contribution in [0.25, 0.3) is 0 Å². The average molecular weight is 417 g/mol. The van der Waals surface area contributed by atoms with Gasteiger partial charge in [-0.25, -0.2) is 0 Å². The SMILES string of the molecule is CCOP(=O)(OCC)C(c1ccccc1)C(C)(OC)O[Si](C)(C)C(C)(C)C. The van der Waals surface area contributed by atoms with Crippen LogP contribution in [0.15, 0.2) is 30.3 Å². The minimum absolute atomic E-state index is 0.0325. The molecule has 0 amide bonds. The van der Waals surface area contributed by atoms with Crippen LogP contribution in [-0.2, 0) is 22.8 Å². The summed E-state index contributed by atoms with van der Waals surface area (Å²) in [5.41, 5.74) is 0.107. The van der Waals surface area contributed by atoms with Crippen LogP contribution in [0.5, 0.6) is 0 Å². The summed E-state index contributed by atoms with van der Waals surface area (Å²) in [6, 6.07) is 9.58. The van der Waals surface area contributed by atoms with Crippen LogP contribution in [0.4, 0.5) is 0 Å². The normalized spacial score (nSPS) is 16.8. The van der Waals surface area contributed by atoms with Gasteiger partial charge in [0.1, 0.15) is 5.66 Å². The van der Waals surface area contributed by atoms with E-state index < -0.39 is 27.4 Å². The lowest BCUT2D eigenvalue weighted by atomic mass is 10.1. The lowest BCUT2D eigenvalue weighted by Crippen LogP contribution is -2.52. The van der Waals surface area contributed by atoms with Gasteiger partial charge >= 0.3 is 7.60 Å². The first-order valence-electron chi connectivity index (χ1n) is 9.56. The summed E-state index contributed by atoms with van der Waals surface area (Å²) >= 11 is 0. The summed E-state index contributed by atoms with van der Waals surface area (Å²) < 4.78 is 37.9. The van der Waals surface area contributed by atoms with Crippen LogP contribution < -0.4 is 0 Å². The van der Waals surface area contributed by atoms with E-state index in [1.165, 1.54) is 0 Å². The first-order valence-corrected chi connectivity index (χ1v) is 14.1. The van der Waals surface area contributed by atoms with Gasteiger partial charge in [-0.05, 0) is 44.5 Å². The Morgan fingerprint density at radius 1 is 1.00 bits per heavy atom. The van der Waals surface area contributed by atoms with Gasteiger partial charge in [0.25, 0.3) is 0 Å². The second kappa shape index (κ2) is 9.34. The maximum absolute atomic E-state index is 13.9. The topological polar surface area (TPSA) is 54.0 Å². The second-order valence-corrected chi connectivity index (χ2v) is 15.1. The van der Waals surface area contributed by atoms with Crippen molar-refractivity contribution in [1.29, 1.82) is 0 Å². The van der Waals surface area contributed by atoms with Gasteiger partial charge in [-0.15, -0.1) is 0 Å². The molecular formula is C20H37O5PSi. The quantitative estimate of drug-likeness (QED) is 0.252. The van der Waals surface area contributed by atoms with Gasteiger partial charge in [-0.2, -0.15) is 0 Å². The molecule has 1 aromatic carbocycles. The van der Waals surface area contributed by atoms with E-state index in [4.69, 9.17) is 18.2 Å². The summed E-state index contributed by atoms with van der Waals surface area (Å²) in [5, 5.41) is -0.0325.